The number of hydrogen-bond donors (Lipinski definition) is 0. The fourth-order valence-electron chi connectivity index (χ4n) is 5.56. The van der Waals surface area contributed by atoms with E-state index in [-0.39, 0.29) is 0 Å². The Morgan fingerprint density at radius 1 is 1.03 bits per heavy atom. The van der Waals surface area contributed by atoms with Gasteiger partial charge in [0, 0.05) is 24.7 Å². The number of benzene rings is 1. The Morgan fingerprint density at radius 3 is 2.55 bits per heavy atom. The van der Waals surface area contributed by atoms with Gasteiger partial charge in [0.15, 0.2) is 11.2 Å². The van der Waals surface area contributed by atoms with Crippen LogP contribution in [0.4, 0.5) is 0 Å². The number of likely N-dealkylation sites (tertiary alicyclic amines) is 1. The Labute approximate surface area is 197 Å². The zero-order valence-corrected chi connectivity index (χ0v) is 20.3. The Morgan fingerprint density at radius 2 is 1.79 bits per heavy atom. The van der Waals surface area contributed by atoms with Gasteiger partial charge in [-0.1, -0.05) is 61.2 Å². The van der Waals surface area contributed by atoms with E-state index < -0.39 is 0 Å². The third kappa shape index (κ3) is 4.66. The van der Waals surface area contributed by atoms with Crippen molar-refractivity contribution in [2.45, 2.75) is 78.2 Å². The van der Waals surface area contributed by atoms with Crippen LogP contribution < -0.4 is 0 Å². The molecular formula is C27H36N6. The minimum Gasteiger partial charge on any atom is -0.375 e. The van der Waals surface area contributed by atoms with Crippen LogP contribution in [0.3, 0.4) is 0 Å². The fourth-order valence-corrected chi connectivity index (χ4v) is 5.56. The highest BCUT2D eigenvalue weighted by molar-refractivity contribution is 5.72. The van der Waals surface area contributed by atoms with Crippen LogP contribution in [-0.2, 0) is 6.54 Å². The van der Waals surface area contributed by atoms with E-state index in [1.54, 1.807) is 0 Å². The molecule has 6 heteroatoms. The van der Waals surface area contributed by atoms with Crippen LogP contribution in [0.5, 0.6) is 0 Å². The number of nitrogens with zero attached hydrogens (tertiary/aromatic N) is 6. The van der Waals surface area contributed by atoms with Crippen molar-refractivity contribution in [1.29, 1.82) is 0 Å². The number of rotatable bonds is 6. The van der Waals surface area contributed by atoms with Crippen molar-refractivity contribution >= 4 is 11.2 Å². The first kappa shape index (κ1) is 22.1. The number of piperidine rings is 1. The van der Waals surface area contributed by atoms with Crippen LogP contribution in [0.1, 0.15) is 79.1 Å². The van der Waals surface area contributed by atoms with Crippen molar-refractivity contribution in [3.63, 3.8) is 0 Å². The van der Waals surface area contributed by atoms with E-state index in [0.717, 1.165) is 54.5 Å². The molecule has 3 aromatic rings. The average Bonchev–Trinajstić information content (AvgIpc) is 3.47. The summed E-state index contributed by atoms with van der Waals surface area (Å²) in [5.41, 5.74) is 7.71. The van der Waals surface area contributed by atoms with Gasteiger partial charge in [-0.2, -0.15) is 0 Å². The molecule has 1 saturated carbocycles. The molecule has 0 atom stereocenters. The monoisotopic (exact) mass is 444 g/mol. The van der Waals surface area contributed by atoms with Crippen LogP contribution in [0, 0.1) is 26.7 Å². The largest absolute Gasteiger partial charge is 0.375 e. The second-order valence-electron chi connectivity index (χ2n) is 10.2. The van der Waals surface area contributed by atoms with E-state index in [2.05, 4.69) is 53.8 Å². The molecule has 6 nitrogen and oxygen atoms in total. The number of fused-ring (bicyclic) bond motifs is 1. The highest BCUT2D eigenvalue weighted by atomic mass is 15.4. The van der Waals surface area contributed by atoms with Crippen LogP contribution in [0.2, 0.25) is 0 Å². The molecule has 2 aromatic heterocycles. The third-order valence-electron chi connectivity index (χ3n) is 7.69. The van der Waals surface area contributed by atoms with Crippen molar-refractivity contribution in [3.8, 4) is 0 Å². The van der Waals surface area contributed by atoms with E-state index in [9.17, 15) is 0 Å². The first-order chi connectivity index (χ1) is 16.0. The SMILES string of the molecule is C=C(CC1CCCC1)N1CCC(c2nc(C)c3nnn(Cc4cc(C)ccc4C)c3n2)CC1. The summed E-state index contributed by atoms with van der Waals surface area (Å²) in [6, 6.07) is 6.55. The summed E-state index contributed by atoms with van der Waals surface area (Å²) in [6.45, 7) is 13.5. The average molecular weight is 445 g/mol. The van der Waals surface area contributed by atoms with E-state index in [1.165, 1.54) is 54.5 Å². The normalized spacial score (nSPS) is 17.8. The minimum absolute atomic E-state index is 0.382. The fraction of sp³-hybridized carbons (Fsp3) is 0.556. The Kier molecular flexibility index (Phi) is 6.17. The van der Waals surface area contributed by atoms with Gasteiger partial charge < -0.3 is 4.90 Å². The molecule has 0 radical (unpaired) electrons. The van der Waals surface area contributed by atoms with Gasteiger partial charge in [-0.25, -0.2) is 14.6 Å². The lowest BCUT2D eigenvalue weighted by Crippen LogP contribution is -2.33. The molecule has 1 aromatic carbocycles. The number of aromatic nitrogens is 5. The lowest BCUT2D eigenvalue weighted by atomic mass is 9.94. The third-order valence-corrected chi connectivity index (χ3v) is 7.69. The lowest BCUT2D eigenvalue weighted by molar-refractivity contribution is 0.244. The molecule has 0 bridgehead atoms. The lowest BCUT2D eigenvalue weighted by Gasteiger charge is -2.35. The highest BCUT2D eigenvalue weighted by Crippen LogP contribution is 2.33. The standard InChI is InChI=1S/C27H36N6/c1-18-9-10-19(2)24(15-18)17-33-27-25(30-31-33)21(4)28-26(29-27)23-11-13-32(14-12-23)20(3)16-22-7-5-6-8-22/h9-10,15,22-23H,3,5-8,11-14,16-17H2,1-2,4H3. The maximum atomic E-state index is 5.01. The first-order valence-electron chi connectivity index (χ1n) is 12.5. The second kappa shape index (κ2) is 9.24. The van der Waals surface area contributed by atoms with Gasteiger partial charge in [-0.3, -0.25) is 0 Å². The molecule has 2 aliphatic rings. The van der Waals surface area contributed by atoms with E-state index in [0.29, 0.717) is 12.5 Å². The number of hydrogen-bond acceptors (Lipinski definition) is 5. The maximum absolute atomic E-state index is 5.01. The molecule has 0 amide bonds. The molecule has 0 N–H and O–H groups in total. The van der Waals surface area contributed by atoms with Crippen LogP contribution >= 0.6 is 0 Å². The van der Waals surface area contributed by atoms with Crippen LogP contribution in [-0.4, -0.2) is 43.0 Å². The predicted molar refractivity (Wildman–Crippen MR) is 132 cm³/mol. The van der Waals surface area contributed by atoms with Gasteiger partial charge >= 0.3 is 0 Å². The summed E-state index contributed by atoms with van der Waals surface area (Å²) in [5.74, 6) is 2.19. The topological polar surface area (TPSA) is 59.7 Å². The summed E-state index contributed by atoms with van der Waals surface area (Å²) in [5, 5.41) is 8.84. The second-order valence-corrected chi connectivity index (χ2v) is 10.2. The van der Waals surface area contributed by atoms with Crippen molar-refractivity contribution < 1.29 is 0 Å². The van der Waals surface area contributed by atoms with Crippen LogP contribution in [0.25, 0.3) is 11.2 Å². The zero-order chi connectivity index (χ0) is 22.9. The molecule has 0 unspecified atom stereocenters. The molecule has 0 spiro atoms. The Hall–Kier alpha value is -2.76. The molecule has 174 valence electrons. The molecule has 33 heavy (non-hydrogen) atoms. The van der Waals surface area contributed by atoms with Gasteiger partial charge in [-0.15, -0.1) is 5.10 Å². The zero-order valence-electron chi connectivity index (χ0n) is 20.3. The molecule has 1 aliphatic carbocycles. The van der Waals surface area contributed by atoms with E-state index in [4.69, 9.17) is 9.97 Å². The van der Waals surface area contributed by atoms with Gasteiger partial charge in [-0.05, 0) is 57.1 Å². The van der Waals surface area contributed by atoms with Crippen LogP contribution in [0.15, 0.2) is 30.5 Å². The van der Waals surface area contributed by atoms with Crippen molar-refractivity contribution in [1.82, 2.24) is 29.9 Å². The molecular weight excluding hydrogens is 408 g/mol. The summed E-state index contributed by atoms with van der Waals surface area (Å²) >= 11 is 0. The van der Waals surface area contributed by atoms with Gasteiger partial charge in [0.1, 0.15) is 5.82 Å². The summed E-state index contributed by atoms with van der Waals surface area (Å²) in [4.78, 5) is 12.4. The Bertz CT molecular complexity index is 1150. The smallest absolute Gasteiger partial charge is 0.182 e. The van der Waals surface area contributed by atoms with Crippen molar-refractivity contribution in [2.75, 3.05) is 13.1 Å². The maximum Gasteiger partial charge on any atom is 0.182 e. The summed E-state index contributed by atoms with van der Waals surface area (Å²) in [6.07, 6.45) is 8.89. The highest BCUT2D eigenvalue weighted by Gasteiger charge is 2.26. The minimum atomic E-state index is 0.382. The predicted octanol–water partition coefficient (Wildman–Crippen LogP) is 5.47. The molecule has 2 fully saturated rings. The van der Waals surface area contributed by atoms with Crippen molar-refractivity contribution in [3.05, 3.63) is 58.7 Å². The van der Waals surface area contributed by atoms with E-state index >= 15 is 0 Å². The van der Waals surface area contributed by atoms with Gasteiger partial charge in [0.2, 0.25) is 0 Å². The first-order valence-corrected chi connectivity index (χ1v) is 12.5. The molecule has 5 rings (SSSR count). The Balaban J connectivity index is 1.31. The molecule has 1 saturated heterocycles. The number of aryl methyl sites for hydroxylation is 3. The van der Waals surface area contributed by atoms with Gasteiger partial charge in [0.25, 0.3) is 0 Å². The summed E-state index contributed by atoms with van der Waals surface area (Å²) in [7, 11) is 0. The number of allylic oxidation sites excluding steroid dienone is 1. The van der Waals surface area contributed by atoms with Crippen molar-refractivity contribution in [2.24, 2.45) is 5.92 Å². The van der Waals surface area contributed by atoms with E-state index in [1.807, 2.05) is 11.6 Å². The quantitative estimate of drug-likeness (QED) is 0.505. The molecule has 1 aliphatic heterocycles. The summed E-state index contributed by atoms with van der Waals surface area (Å²) < 4.78 is 1.94. The van der Waals surface area contributed by atoms with Gasteiger partial charge in [0.05, 0.1) is 12.2 Å². The molecule has 3 heterocycles.